The van der Waals surface area contributed by atoms with Gasteiger partial charge in [-0.15, -0.1) is 0 Å². The average Bonchev–Trinajstić information content (AvgIpc) is 2.58. The van der Waals surface area contributed by atoms with Crippen molar-refractivity contribution in [2.45, 2.75) is 5.54 Å². The summed E-state index contributed by atoms with van der Waals surface area (Å²) in [5.41, 5.74) is -1.24. The Morgan fingerprint density at radius 1 is 1.56 bits per heavy atom. The molecule has 1 aromatic carbocycles. The molecule has 1 aliphatic heterocycles. The van der Waals surface area contributed by atoms with Crippen LogP contribution in [0.15, 0.2) is 18.2 Å². The maximum Gasteiger partial charge on any atom is 0.337 e. The summed E-state index contributed by atoms with van der Waals surface area (Å²) in [5, 5.41) is 20.6. The zero-order valence-corrected chi connectivity index (χ0v) is 8.14. The summed E-state index contributed by atoms with van der Waals surface area (Å²) in [6.07, 6.45) is 0.319. The normalized spacial score (nSPS) is 22.0. The molecule has 0 saturated heterocycles. The summed E-state index contributed by atoms with van der Waals surface area (Å²) in [6.45, 7) is -0.195. The minimum absolute atomic E-state index is 0.0222. The molecule has 0 aliphatic carbocycles. The molecule has 6 nitrogen and oxygen atoms in total. The maximum atomic E-state index is 11.2. The van der Waals surface area contributed by atoms with Crippen molar-refractivity contribution in [1.82, 2.24) is 5.32 Å². The molecule has 0 bridgehead atoms. The third-order valence-corrected chi connectivity index (χ3v) is 2.54. The molecular weight excluding hydrogens is 214 g/mol. The Labute approximate surface area is 90.5 Å². The molecule has 16 heavy (non-hydrogen) atoms. The Bertz CT molecular complexity index is 459. The van der Waals surface area contributed by atoms with Crippen molar-refractivity contribution in [3.63, 3.8) is 0 Å². The number of aromatic hydroxyl groups is 1. The van der Waals surface area contributed by atoms with E-state index >= 15 is 0 Å². The number of fused-ring (bicyclic) bond motifs is 1. The first-order valence-corrected chi connectivity index (χ1v) is 4.51. The SMILES string of the molecule is O=CNC1(C(=O)O)COc2cc(O)ccc21. The van der Waals surface area contributed by atoms with E-state index in [0.717, 1.165) is 0 Å². The molecule has 0 fully saturated rings. The van der Waals surface area contributed by atoms with Gasteiger partial charge in [-0.1, -0.05) is 0 Å². The monoisotopic (exact) mass is 223 g/mol. The molecular formula is C10H9NO5. The lowest BCUT2D eigenvalue weighted by Crippen LogP contribution is -2.50. The number of amides is 1. The van der Waals surface area contributed by atoms with Crippen LogP contribution in [0.25, 0.3) is 0 Å². The van der Waals surface area contributed by atoms with Gasteiger partial charge >= 0.3 is 5.97 Å². The van der Waals surface area contributed by atoms with E-state index in [0.29, 0.717) is 12.0 Å². The highest BCUT2D eigenvalue weighted by atomic mass is 16.5. The van der Waals surface area contributed by atoms with E-state index in [1.54, 1.807) is 0 Å². The van der Waals surface area contributed by atoms with E-state index in [4.69, 9.17) is 9.84 Å². The Morgan fingerprint density at radius 3 is 2.94 bits per heavy atom. The smallest absolute Gasteiger partial charge is 0.337 e. The second-order valence-electron chi connectivity index (χ2n) is 3.44. The Kier molecular flexibility index (Phi) is 2.19. The molecule has 1 unspecified atom stereocenters. The van der Waals surface area contributed by atoms with Crippen LogP contribution in [0.2, 0.25) is 0 Å². The zero-order valence-electron chi connectivity index (χ0n) is 8.14. The number of rotatable bonds is 3. The van der Waals surface area contributed by atoms with Crippen LogP contribution >= 0.6 is 0 Å². The molecule has 0 aromatic heterocycles. The van der Waals surface area contributed by atoms with Gasteiger partial charge in [-0.2, -0.15) is 0 Å². The van der Waals surface area contributed by atoms with E-state index in [1.807, 2.05) is 0 Å². The lowest BCUT2D eigenvalue weighted by molar-refractivity contribution is -0.147. The second-order valence-corrected chi connectivity index (χ2v) is 3.44. The van der Waals surface area contributed by atoms with Crippen molar-refractivity contribution in [1.29, 1.82) is 0 Å². The molecule has 1 aromatic rings. The number of phenolic OH excluding ortho intramolecular Hbond substituents is 1. The van der Waals surface area contributed by atoms with Gasteiger partial charge in [0.15, 0.2) is 0 Å². The Balaban J connectivity index is 2.54. The number of carbonyl (C=O) groups excluding carboxylic acids is 1. The number of carboxylic acid groups (broad SMARTS) is 1. The van der Waals surface area contributed by atoms with Gasteiger partial charge < -0.3 is 20.3 Å². The van der Waals surface area contributed by atoms with Crippen LogP contribution in [0.4, 0.5) is 0 Å². The minimum atomic E-state index is -1.56. The van der Waals surface area contributed by atoms with E-state index in [1.165, 1.54) is 18.2 Å². The molecule has 6 heteroatoms. The molecule has 0 saturated carbocycles. The molecule has 1 amide bonds. The molecule has 0 spiro atoms. The predicted molar refractivity (Wildman–Crippen MR) is 52.1 cm³/mol. The molecule has 1 atom stereocenters. The van der Waals surface area contributed by atoms with E-state index in [2.05, 4.69) is 5.32 Å². The fourth-order valence-electron chi connectivity index (χ4n) is 1.71. The van der Waals surface area contributed by atoms with Crippen LogP contribution in [0, 0.1) is 0 Å². The highest BCUT2D eigenvalue weighted by Gasteiger charge is 2.47. The zero-order chi connectivity index (χ0) is 11.8. The molecule has 2 rings (SSSR count). The predicted octanol–water partition coefficient (Wildman–Crippen LogP) is -0.190. The van der Waals surface area contributed by atoms with Gasteiger partial charge in [0.25, 0.3) is 0 Å². The minimum Gasteiger partial charge on any atom is -0.508 e. The second kappa shape index (κ2) is 3.41. The van der Waals surface area contributed by atoms with Crippen LogP contribution in [-0.4, -0.2) is 29.2 Å². The van der Waals surface area contributed by atoms with Gasteiger partial charge in [-0.3, -0.25) is 4.79 Å². The average molecular weight is 223 g/mol. The number of aliphatic carboxylic acids is 1. The number of hydrogen-bond acceptors (Lipinski definition) is 4. The van der Waals surface area contributed by atoms with Gasteiger partial charge in [0.1, 0.15) is 18.1 Å². The summed E-state index contributed by atoms with van der Waals surface area (Å²) in [5.74, 6) is -0.966. The van der Waals surface area contributed by atoms with E-state index in [-0.39, 0.29) is 18.1 Å². The van der Waals surface area contributed by atoms with Gasteiger partial charge in [0.05, 0.1) is 0 Å². The summed E-state index contributed by atoms with van der Waals surface area (Å²) in [6, 6.07) is 4.08. The number of carboxylic acids is 1. The van der Waals surface area contributed by atoms with E-state index in [9.17, 15) is 14.7 Å². The molecule has 1 heterocycles. The van der Waals surface area contributed by atoms with Gasteiger partial charge in [0, 0.05) is 11.6 Å². The number of benzene rings is 1. The lowest BCUT2D eigenvalue weighted by atomic mass is 9.92. The first-order chi connectivity index (χ1) is 7.60. The highest BCUT2D eigenvalue weighted by molar-refractivity contribution is 5.85. The standard InChI is InChI=1S/C10H9NO5/c12-5-11-10(9(14)15)4-16-8-3-6(13)1-2-7(8)10/h1-3,5,13H,4H2,(H,11,12)(H,14,15). The van der Waals surface area contributed by atoms with Crippen LogP contribution < -0.4 is 10.1 Å². The number of hydrogen-bond donors (Lipinski definition) is 3. The molecule has 0 radical (unpaired) electrons. The fraction of sp³-hybridized carbons (Fsp3) is 0.200. The fourth-order valence-corrected chi connectivity index (χ4v) is 1.71. The van der Waals surface area contributed by atoms with Gasteiger partial charge in [0.2, 0.25) is 11.9 Å². The van der Waals surface area contributed by atoms with Crippen molar-refractivity contribution >= 4 is 12.4 Å². The first-order valence-electron chi connectivity index (χ1n) is 4.51. The highest BCUT2D eigenvalue weighted by Crippen LogP contribution is 2.38. The van der Waals surface area contributed by atoms with Crippen molar-refractivity contribution in [2.75, 3.05) is 6.61 Å². The van der Waals surface area contributed by atoms with Gasteiger partial charge in [-0.05, 0) is 12.1 Å². The van der Waals surface area contributed by atoms with Crippen LogP contribution in [0.5, 0.6) is 11.5 Å². The Hall–Kier alpha value is -2.24. The van der Waals surface area contributed by atoms with Crippen molar-refractivity contribution in [3.8, 4) is 11.5 Å². The summed E-state index contributed by atoms with van der Waals surface area (Å²) in [7, 11) is 0. The van der Waals surface area contributed by atoms with Crippen LogP contribution in [-0.2, 0) is 15.1 Å². The number of nitrogens with one attached hydrogen (secondary N) is 1. The molecule has 84 valence electrons. The lowest BCUT2D eigenvalue weighted by Gasteiger charge is -2.21. The topological polar surface area (TPSA) is 95.9 Å². The number of ether oxygens (including phenoxy) is 1. The largest absolute Gasteiger partial charge is 0.508 e. The number of phenols is 1. The summed E-state index contributed by atoms with van der Waals surface area (Å²) in [4.78, 5) is 21.7. The van der Waals surface area contributed by atoms with Crippen molar-refractivity contribution in [3.05, 3.63) is 23.8 Å². The Morgan fingerprint density at radius 2 is 2.31 bits per heavy atom. The van der Waals surface area contributed by atoms with Gasteiger partial charge in [-0.25, -0.2) is 4.79 Å². The first kappa shape index (κ1) is 10.3. The summed E-state index contributed by atoms with van der Waals surface area (Å²) < 4.78 is 5.15. The van der Waals surface area contributed by atoms with Crippen molar-refractivity contribution < 1.29 is 24.5 Å². The maximum absolute atomic E-state index is 11.2. The van der Waals surface area contributed by atoms with Crippen LogP contribution in [0.1, 0.15) is 5.56 Å². The van der Waals surface area contributed by atoms with E-state index < -0.39 is 11.5 Å². The van der Waals surface area contributed by atoms with Crippen molar-refractivity contribution in [2.24, 2.45) is 0 Å². The molecule has 1 aliphatic rings. The number of carbonyl (C=O) groups is 2. The summed E-state index contributed by atoms with van der Waals surface area (Å²) >= 11 is 0. The third kappa shape index (κ3) is 1.27. The quantitative estimate of drug-likeness (QED) is 0.617. The van der Waals surface area contributed by atoms with Crippen LogP contribution in [0.3, 0.4) is 0 Å². The third-order valence-electron chi connectivity index (χ3n) is 2.54. The molecule has 3 N–H and O–H groups in total.